The van der Waals surface area contributed by atoms with Crippen LogP contribution in [0.2, 0.25) is 0 Å². The summed E-state index contributed by atoms with van der Waals surface area (Å²) in [6, 6.07) is 3.00. The Morgan fingerprint density at radius 3 is 2.29 bits per heavy atom. The molecule has 0 aromatic carbocycles. The predicted octanol–water partition coefficient (Wildman–Crippen LogP) is 2.94. The molecule has 10 heteroatoms. The minimum Gasteiger partial charge on any atom is -0.465 e. The second-order valence-electron chi connectivity index (χ2n) is 9.12. The van der Waals surface area contributed by atoms with Crippen molar-refractivity contribution in [2.75, 3.05) is 30.9 Å². The number of carbonyl (C=O) groups is 2. The maximum Gasteiger partial charge on any atom is 0.408 e. The molecule has 168 valence electrons. The third-order valence-electron chi connectivity index (χ3n) is 5.30. The van der Waals surface area contributed by atoms with Crippen LogP contribution < -0.4 is 9.80 Å². The topological polar surface area (TPSA) is 108 Å². The van der Waals surface area contributed by atoms with Crippen molar-refractivity contribution < 1.29 is 14.7 Å². The first kappa shape index (κ1) is 22.5. The molecule has 1 aliphatic rings. The molecule has 1 aliphatic carbocycles. The highest BCUT2D eigenvalue weighted by molar-refractivity contribution is 5.95. The van der Waals surface area contributed by atoms with Gasteiger partial charge >= 0.3 is 6.09 Å². The molecular weight excluding hydrogens is 398 g/mol. The molecule has 1 fully saturated rings. The van der Waals surface area contributed by atoms with Gasteiger partial charge in [0.1, 0.15) is 0 Å². The third-order valence-corrected chi connectivity index (χ3v) is 5.30. The van der Waals surface area contributed by atoms with Crippen molar-refractivity contribution in [2.24, 2.45) is 5.92 Å². The molecule has 0 aliphatic heterocycles. The highest BCUT2D eigenvalue weighted by atomic mass is 16.4. The smallest absolute Gasteiger partial charge is 0.408 e. The summed E-state index contributed by atoms with van der Waals surface area (Å²) in [4.78, 5) is 38.1. The van der Waals surface area contributed by atoms with Gasteiger partial charge in [-0.2, -0.15) is 9.67 Å². The minimum atomic E-state index is -1.04. The number of carbonyl (C=O) groups excluding carboxylic acids is 1. The van der Waals surface area contributed by atoms with Crippen molar-refractivity contribution in [3.05, 3.63) is 24.2 Å². The summed E-state index contributed by atoms with van der Waals surface area (Å²) in [6.45, 7) is 7.30. The van der Waals surface area contributed by atoms with E-state index in [1.807, 2.05) is 40.9 Å². The Kier molecular flexibility index (Phi) is 5.93. The fourth-order valence-electron chi connectivity index (χ4n) is 3.52. The van der Waals surface area contributed by atoms with Crippen LogP contribution in [-0.4, -0.2) is 68.4 Å². The summed E-state index contributed by atoms with van der Waals surface area (Å²) in [7, 11) is 5.39. The van der Waals surface area contributed by atoms with Gasteiger partial charge in [0.05, 0.1) is 17.9 Å². The Morgan fingerprint density at radius 1 is 1.19 bits per heavy atom. The fraction of sp³-hybridized carbons (Fsp3) is 0.571. The molecule has 3 rings (SSSR count). The number of hydrogen-bond acceptors (Lipinski definition) is 6. The van der Waals surface area contributed by atoms with E-state index in [1.165, 1.54) is 4.90 Å². The van der Waals surface area contributed by atoms with E-state index in [9.17, 15) is 14.7 Å². The van der Waals surface area contributed by atoms with Crippen molar-refractivity contribution in [2.45, 2.75) is 52.1 Å². The van der Waals surface area contributed by atoms with Crippen LogP contribution in [0.4, 0.5) is 16.4 Å². The largest absolute Gasteiger partial charge is 0.465 e. The van der Waals surface area contributed by atoms with Gasteiger partial charge in [0, 0.05) is 32.6 Å². The van der Waals surface area contributed by atoms with E-state index in [1.54, 1.807) is 40.7 Å². The van der Waals surface area contributed by atoms with Gasteiger partial charge in [0.15, 0.2) is 11.6 Å². The van der Waals surface area contributed by atoms with Gasteiger partial charge in [-0.05, 0) is 52.7 Å². The number of rotatable bonds is 6. The van der Waals surface area contributed by atoms with Gasteiger partial charge in [-0.3, -0.25) is 9.69 Å². The quantitative estimate of drug-likeness (QED) is 0.752. The molecule has 2 aromatic rings. The lowest BCUT2D eigenvalue weighted by Gasteiger charge is -2.37. The van der Waals surface area contributed by atoms with Gasteiger partial charge in [-0.1, -0.05) is 0 Å². The summed E-state index contributed by atoms with van der Waals surface area (Å²) in [5.41, 5.74) is 0.0637. The maximum absolute atomic E-state index is 12.3. The minimum absolute atomic E-state index is 0.0989. The number of amides is 2. The molecule has 0 spiro atoms. The van der Waals surface area contributed by atoms with Crippen LogP contribution in [0.1, 0.15) is 52.4 Å². The normalized spacial score (nSPS) is 14.8. The first-order valence-corrected chi connectivity index (χ1v) is 10.3. The molecule has 31 heavy (non-hydrogen) atoms. The molecule has 1 saturated carbocycles. The van der Waals surface area contributed by atoms with Crippen molar-refractivity contribution >= 4 is 23.6 Å². The van der Waals surface area contributed by atoms with Crippen molar-refractivity contribution in [3.8, 4) is 5.82 Å². The van der Waals surface area contributed by atoms with Gasteiger partial charge < -0.3 is 14.9 Å². The highest BCUT2D eigenvalue weighted by Gasteiger charge is 2.35. The summed E-state index contributed by atoms with van der Waals surface area (Å²) in [5.74, 6) is 1.63. The zero-order chi connectivity index (χ0) is 23.1. The van der Waals surface area contributed by atoms with E-state index in [0.717, 1.165) is 12.8 Å². The highest BCUT2D eigenvalue weighted by Crippen LogP contribution is 2.32. The SMILES string of the molecule is CC(c1nc(N(C)C)nn1-c1ccc(N(C)C(=O)C2CC2)cn1)N(C(=O)O)C(C)(C)C. The molecule has 2 amide bonds. The lowest BCUT2D eigenvalue weighted by molar-refractivity contribution is -0.119. The molecule has 1 atom stereocenters. The maximum atomic E-state index is 12.3. The van der Waals surface area contributed by atoms with Gasteiger partial charge in [-0.25, -0.2) is 9.78 Å². The first-order valence-electron chi connectivity index (χ1n) is 10.3. The Hall–Kier alpha value is -3.17. The molecule has 1 unspecified atom stereocenters. The van der Waals surface area contributed by atoms with Crippen LogP contribution >= 0.6 is 0 Å². The lowest BCUT2D eigenvalue weighted by Crippen LogP contribution is -2.47. The number of carboxylic acid groups (broad SMARTS) is 1. The van der Waals surface area contributed by atoms with Gasteiger partial charge in [0.25, 0.3) is 0 Å². The molecular formula is C21H31N7O3. The molecule has 0 bridgehead atoms. The molecule has 10 nitrogen and oxygen atoms in total. The Morgan fingerprint density at radius 2 is 1.84 bits per heavy atom. The first-order chi connectivity index (χ1) is 14.4. The van der Waals surface area contributed by atoms with Gasteiger partial charge in [-0.15, -0.1) is 5.10 Å². The van der Waals surface area contributed by atoms with E-state index in [-0.39, 0.29) is 11.8 Å². The standard InChI is InChI=1S/C21H31N7O3/c1-13(27(20(30)31)21(2,3)4)17-23-19(25(5)6)24-28(17)16-11-10-15(12-22-16)26(7)18(29)14-8-9-14/h10-14H,8-9H2,1-7H3,(H,30,31). The number of anilines is 2. The van der Waals surface area contributed by atoms with E-state index in [2.05, 4.69) is 15.1 Å². The van der Waals surface area contributed by atoms with E-state index >= 15 is 0 Å². The second kappa shape index (κ2) is 8.16. The summed E-state index contributed by atoms with van der Waals surface area (Å²) < 4.78 is 1.56. The number of pyridine rings is 1. The molecule has 2 aromatic heterocycles. The van der Waals surface area contributed by atoms with E-state index in [4.69, 9.17) is 0 Å². The van der Waals surface area contributed by atoms with Crippen LogP contribution in [-0.2, 0) is 4.79 Å². The summed E-state index contributed by atoms with van der Waals surface area (Å²) in [5, 5.41) is 14.4. The Balaban J connectivity index is 1.99. The molecule has 0 saturated heterocycles. The van der Waals surface area contributed by atoms with E-state index in [0.29, 0.717) is 23.3 Å². The monoisotopic (exact) mass is 429 g/mol. The fourth-order valence-corrected chi connectivity index (χ4v) is 3.52. The van der Waals surface area contributed by atoms with Crippen molar-refractivity contribution in [1.82, 2.24) is 24.6 Å². The van der Waals surface area contributed by atoms with Crippen molar-refractivity contribution in [3.63, 3.8) is 0 Å². The van der Waals surface area contributed by atoms with Crippen molar-refractivity contribution in [1.29, 1.82) is 0 Å². The second-order valence-corrected chi connectivity index (χ2v) is 9.12. The zero-order valence-corrected chi connectivity index (χ0v) is 19.2. The van der Waals surface area contributed by atoms with Crippen LogP contribution in [0.25, 0.3) is 5.82 Å². The summed E-state index contributed by atoms with van der Waals surface area (Å²) in [6.07, 6.45) is 2.47. The van der Waals surface area contributed by atoms with Crippen LogP contribution in [0.5, 0.6) is 0 Å². The average molecular weight is 430 g/mol. The third kappa shape index (κ3) is 4.62. The molecule has 2 heterocycles. The number of hydrogen-bond donors (Lipinski definition) is 1. The number of aromatic nitrogens is 4. The van der Waals surface area contributed by atoms with E-state index < -0.39 is 17.7 Å². The Bertz CT molecular complexity index is 958. The van der Waals surface area contributed by atoms with Crippen LogP contribution in [0.3, 0.4) is 0 Å². The lowest BCUT2D eigenvalue weighted by atomic mass is 10.0. The average Bonchev–Trinajstić information content (AvgIpc) is 3.43. The van der Waals surface area contributed by atoms with Gasteiger partial charge in [0.2, 0.25) is 11.9 Å². The van der Waals surface area contributed by atoms with Crippen LogP contribution in [0, 0.1) is 5.92 Å². The number of nitrogens with zero attached hydrogens (tertiary/aromatic N) is 7. The summed E-state index contributed by atoms with van der Waals surface area (Å²) >= 11 is 0. The Labute approximate surface area is 182 Å². The zero-order valence-electron chi connectivity index (χ0n) is 19.2. The predicted molar refractivity (Wildman–Crippen MR) is 118 cm³/mol. The van der Waals surface area contributed by atoms with Crippen LogP contribution in [0.15, 0.2) is 18.3 Å². The molecule has 1 N–H and O–H groups in total. The molecule has 0 radical (unpaired) electrons.